The zero-order valence-electron chi connectivity index (χ0n) is 9.23. The molecule has 0 saturated carbocycles. The zero-order chi connectivity index (χ0) is 11.8. The van der Waals surface area contributed by atoms with Crippen LogP contribution in [0.2, 0.25) is 0 Å². The second-order valence-electron chi connectivity index (χ2n) is 4.03. The number of fused-ring (bicyclic) bond motifs is 1. The first-order chi connectivity index (χ1) is 7.53. The minimum Gasteiger partial charge on any atom is -0.398 e. The number of hydrogen-bond donors (Lipinski definition) is 2. The van der Waals surface area contributed by atoms with Crippen LogP contribution in [0.15, 0.2) is 18.2 Å². The van der Waals surface area contributed by atoms with E-state index in [1.165, 1.54) is 0 Å². The van der Waals surface area contributed by atoms with Crippen molar-refractivity contribution in [2.75, 3.05) is 11.5 Å². The first kappa shape index (κ1) is 11.4. The van der Waals surface area contributed by atoms with Crippen molar-refractivity contribution in [3.63, 3.8) is 0 Å². The predicted molar refractivity (Wildman–Crippen MR) is 64.5 cm³/mol. The van der Waals surface area contributed by atoms with Gasteiger partial charge in [0, 0.05) is 11.7 Å². The summed E-state index contributed by atoms with van der Waals surface area (Å²) in [5, 5.41) is 0. The quantitative estimate of drug-likeness (QED) is 0.780. The monoisotopic (exact) mass is 240 g/mol. The molecular weight excluding hydrogens is 224 g/mol. The zero-order valence-corrected chi connectivity index (χ0v) is 10.0. The summed E-state index contributed by atoms with van der Waals surface area (Å²) in [7, 11) is -3.15. The fourth-order valence-corrected chi connectivity index (χ4v) is 2.95. The minimum absolute atomic E-state index is 0.108. The lowest BCUT2D eigenvalue weighted by Crippen LogP contribution is -2.28. The predicted octanol–water partition coefficient (Wildman–Crippen LogP) is 1.20. The molecule has 0 fully saturated rings. The maximum atomic E-state index is 11.5. The van der Waals surface area contributed by atoms with Crippen LogP contribution in [0.25, 0.3) is 0 Å². The van der Waals surface area contributed by atoms with E-state index in [0.29, 0.717) is 0 Å². The number of nitrogens with one attached hydrogen (secondary N) is 1. The molecule has 0 heterocycles. The first-order valence-corrected chi connectivity index (χ1v) is 7.06. The summed E-state index contributed by atoms with van der Waals surface area (Å²) in [5.41, 5.74) is 8.73. The van der Waals surface area contributed by atoms with Crippen LogP contribution < -0.4 is 10.5 Å². The van der Waals surface area contributed by atoms with Crippen LogP contribution in [0.4, 0.5) is 5.69 Å². The van der Waals surface area contributed by atoms with Crippen molar-refractivity contribution in [1.82, 2.24) is 4.72 Å². The molecule has 5 heteroatoms. The smallest absolute Gasteiger partial charge is 0.211 e. The van der Waals surface area contributed by atoms with Crippen molar-refractivity contribution in [3.05, 3.63) is 29.3 Å². The normalized spacial score (nSPS) is 19.7. The summed E-state index contributed by atoms with van der Waals surface area (Å²) in [4.78, 5) is 0. The molecule has 4 nitrogen and oxygen atoms in total. The molecule has 0 amide bonds. The van der Waals surface area contributed by atoms with E-state index in [4.69, 9.17) is 5.73 Å². The van der Waals surface area contributed by atoms with Crippen LogP contribution in [0.1, 0.15) is 30.5 Å². The van der Waals surface area contributed by atoms with E-state index in [0.717, 1.165) is 29.7 Å². The maximum absolute atomic E-state index is 11.5. The van der Waals surface area contributed by atoms with Crippen LogP contribution in [0.5, 0.6) is 0 Å². The fourth-order valence-electron chi connectivity index (χ4n) is 2.11. The van der Waals surface area contributed by atoms with Gasteiger partial charge in [0.05, 0.1) is 5.75 Å². The molecule has 0 aromatic heterocycles. The molecule has 0 saturated heterocycles. The Hall–Kier alpha value is -1.07. The molecule has 0 radical (unpaired) electrons. The van der Waals surface area contributed by atoms with Gasteiger partial charge in [-0.15, -0.1) is 0 Å². The van der Waals surface area contributed by atoms with Crippen LogP contribution in [-0.4, -0.2) is 14.2 Å². The first-order valence-electron chi connectivity index (χ1n) is 5.41. The Morgan fingerprint density at radius 1 is 1.50 bits per heavy atom. The summed E-state index contributed by atoms with van der Waals surface area (Å²) in [5.74, 6) is 0.112. The lowest BCUT2D eigenvalue weighted by Gasteiger charge is -2.13. The van der Waals surface area contributed by atoms with Crippen molar-refractivity contribution >= 4 is 15.7 Å². The summed E-state index contributed by atoms with van der Waals surface area (Å²) < 4.78 is 25.7. The van der Waals surface area contributed by atoms with Crippen molar-refractivity contribution in [3.8, 4) is 0 Å². The van der Waals surface area contributed by atoms with Gasteiger partial charge < -0.3 is 5.73 Å². The van der Waals surface area contributed by atoms with Gasteiger partial charge in [0.2, 0.25) is 10.0 Å². The van der Waals surface area contributed by atoms with Crippen molar-refractivity contribution in [1.29, 1.82) is 0 Å². The van der Waals surface area contributed by atoms with E-state index in [9.17, 15) is 8.42 Å². The van der Waals surface area contributed by atoms with Gasteiger partial charge in [-0.2, -0.15) is 0 Å². The molecule has 88 valence electrons. The number of anilines is 1. The van der Waals surface area contributed by atoms with E-state index in [1.807, 2.05) is 18.2 Å². The Morgan fingerprint density at radius 3 is 2.94 bits per heavy atom. The van der Waals surface area contributed by atoms with E-state index < -0.39 is 10.0 Å². The largest absolute Gasteiger partial charge is 0.398 e. The van der Waals surface area contributed by atoms with Gasteiger partial charge in [-0.05, 0) is 37.0 Å². The molecule has 0 spiro atoms. The van der Waals surface area contributed by atoms with Gasteiger partial charge in [0.1, 0.15) is 0 Å². The maximum Gasteiger partial charge on any atom is 0.211 e. The number of rotatable bonds is 3. The summed E-state index contributed by atoms with van der Waals surface area (Å²) in [6.45, 7) is 1.64. The standard InChI is InChI=1S/C11H16N2O2S/c1-2-16(14,15)13-11-7-6-8-9(11)4-3-5-10(8)12/h3-5,11,13H,2,6-7,12H2,1H3. The number of nitrogens with two attached hydrogens (primary N) is 1. The van der Waals surface area contributed by atoms with Crippen molar-refractivity contribution in [2.24, 2.45) is 0 Å². The second kappa shape index (κ2) is 4.07. The van der Waals surface area contributed by atoms with E-state index in [2.05, 4.69) is 4.72 Å². The molecule has 0 aliphatic heterocycles. The molecule has 1 unspecified atom stereocenters. The summed E-state index contributed by atoms with van der Waals surface area (Å²) in [6, 6.07) is 5.56. The molecule has 2 rings (SSSR count). The van der Waals surface area contributed by atoms with Gasteiger partial charge >= 0.3 is 0 Å². The number of benzene rings is 1. The summed E-state index contributed by atoms with van der Waals surface area (Å²) >= 11 is 0. The Labute approximate surface area is 95.9 Å². The van der Waals surface area contributed by atoms with E-state index in [1.54, 1.807) is 6.92 Å². The van der Waals surface area contributed by atoms with Gasteiger partial charge in [0.15, 0.2) is 0 Å². The molecule has 1 atom stereocenters. The molecule has 3 N–H and O–H groups in total. The lowest BCUT2D eigenvalue weighted by molar-refractivity contribution is 0.555. The Bertz CT molecular complexity index is 497. The topological polar surface area (TPSA) is 72.2 Å². The summed E-state index contributed by atoms with van der Waals surface area (Å²) in [6.07, 6.45) is 1.64. The van der Waals surface area contributed by atoms with E-state index >= 15 is 0 Å². The molecular formula is C11H16N2O2S. The highest BCUT2D eigenvalue weighted by Crippen LogP contribution is 2.34. The average Bonchev–Trinajstić information content (AvgIpc) is 2.63. The Balaban J connectivity index is 2.28. The lowest BCUT2D eigenvalue weighted by atomic mass is 10.1. The van der Waals surface area contributed by atoms with Gasteiger partial charge in [-0.3, -0.25) is 0 Å². The third-order valence-corrected chi connectivity index (χ3v) is 4.41. The molecule has 16 heavy (non-hydrogen) atoms. The Kier molecular flexibility index (Phi) is 2.90. The van der Waals surface area contributed by atoms with Crippen LogP contribution in [0, 0.1) is 0 Å². The number of sulfonamides is 1. The third-order valence-electron chi connectivity index (χ3n) is 3.01. The van der Waals surface area contributed by atoms with Crippen LogP contribution >= 0.6 is 0 Å². The van der Waals surface area contributed by atoms with Crippen LogP contribution in [0.3, 0.4) is 0 Å². The highest BCUT2D eigenvalue weighted by molar-refractivity contribution is 7.89. The van der Waals surface area contributed by atoms with Gasteiger partial charge in [0.25, 0.3) is 0 Å². The van der Waals surface area contributed by atoms with Crippen molar-refractivity contribution < 1.29 is 8.42 Å². The molecule has 0 bridgehead atoms. The molecule has 1 aromatic carbocycles. The van der Waals surface area contributed by atoms with Crippen LogP contribution in [-0.2, 0) is 16.4 Å². The third kappa shape index (κ3) is 2.05. The fraction of sp³-hybridized carbons (Fsp3) is 0.455. The number of hydrogen-bond acceptors (Lipinski definition) is 3. The molecule has 1 aliphatic rings. The van der Waals surface area contributed by atoms with E-state index in [-0.39, 0.29) is 11.8 Å². The van der Waals surface area contributed by atoms with Crippen molar-refractivity contribution in [2.45, 2.75) is 25.8 Å². The Morgan fingerprint density at radius 2 is 2.25 bits per heavy atom. The highest BCUT2D eigenvalue weighted by Gasteiger charge is 2.26. The molecule has 1 aliphatic carbocycles. The van der Waals surface area contributed by atoms with Gasteiger partial charge in [-0.1, -0.05) is 12.1 Å². The van der Waals surface area contributed by atoms with Gasteiger partial charge in [-0.25, -0.2) is 13.1 Å². The minimum atomic E-state index is -3.15. The average molecular weight is 240 g/mol. The SMILES string of the molecule is CCS(=O)(=O)NC1CCc2c(N)cccc21. The highest BCUT2D eigenvalue weighted by atomic mass is 32.2. The number of nitrogen functional groups attached to an aromatic ring is 1. The second-order valence-corrected chi connectivity index (χ2v) is 6.07. The molecule has 1 aromatic rings.